The summed E-state index contributed by atoms with van der Waals surface area (Å²) in [4.78, 5) is 14.2. The highest BCUT2D eigenvalue weighted by molar-refractivity contribution is 9.10. The Morgan fingerprint density at radius 1 is 1.36 bits per heavy atom. The topological polar surface area (TPSA) is 53.6 Å². The number of nitrogens with zero attached hydrogens (tertiary/aromatic N) is 1. The van der Waals surface area contributed by atoms with Gasteiger partial charge in [-0.2, -0.15) is 0 Å². The Morgan fingerprint density at radius 3 is 2.95 bits per heavy atom. The molecule has 0 aliphatic carbocycles. The Morgan fingerprint density at radius 2 is 2.18 bits per heavy atom. The van der Waals surface area contributed by atoms with Crippen molar-refractivity contribution >= 4 is 21.8 Å². The predicted molar refractivity (Wildman–Crippen MR) is 91.2 cm³/mol. The third-order valence-corrected chi connectivity index (χ3v) is 4.07. The summed E-state index contributed by atoms with van der Waals surface area (Å²) in [6.07, 6.45) is 1.39. The van der Waals surface area contributed by atoms with E-state index >= 15 is 0 Å². The number of carbonyl (C=O) groups excluding carboxylic acids is 1. The zero-order valence-electron chi connectivity index (χ0n) is 12.8. The van der Waals surface area contributed by atoms with Crippen LogP contribution in [0.2, 0.25) is 0 Å². The van der Waals surface area contributed by atoms with Crippen LogP contribution in [0.3, 0.4) is 0 Å². The predicted octanol–water partition coefficient (Wildman–Crippen LogP) is 1.63. The van der Waals surface area contributed by atoms with Gasteiger partial charge in [0.05, 0.1) is 13.0 Å². The highest BCUT2D eigenvalue weighted by atomic mass is 79.9. The summed E-state index contributed by atoms with van der Waals surface area (Å²) in [5.74, 6) is 0.830. The second kappa shape index (κ2) is 9.82. The van der Waals surface area contributed by atoms with Gasteiger partial charge in [0.2, 0.25) is 5.91 Å². The standard InChI is InChI=1S/C16H24BrN3O2/c17-14-3-1-4-15(13-14)22-12-5-16(21)19-6-2-9-20-10-7-18-8-11-20/h1,3-4,13,18H,2,5-12H2,(H,19,21). The summed E-state index contributed by atoms with van der Waals surface area (Å²) < 4.78 is 6.53. The molecule has 0 radical (unpaired) electrons. The van der Waals surface area contributed by atoms with E-state index in [0.29, 0.717) is 13.0 Å². The maximum Gasteiger partial charge on any atom is 0.223 e. The zero-order chi connectivity index (χ0) is 15.6. The number of nitrogens with one attached hydrogen (secondary N) is 2. The fourth-order valence-corrected chi connectivity index (χ4v) is 2.75. The van der Waals surface area contributed by atoms with E-state index in [-0.39, 0.29) is 5.91 Å². The molecule has 0 saturated carbocycles. The Kier molecular flexibility index (Phi) is 7.70. The van der Waals surface area contributed by atoms with Crippen molar-refractivity contribution in [3.63, 3.8) is 0 Å². The van der Waals surface area contributed by atoms with Crippen LogP contribution >= 0.6 is 15.9 Å². The molecule has 0 atom stereocenters. The lowest BCUT2D eigenvalue weighted by Crippen LogP contribution is -2.44. The van der Waals surface area contributed by atoms with Crippen LogP contribution in [-0.4, -0.2) is 56.7 Å². The molecule has 1 aromatic rings. The van der Waals surface area contributed by atoms with Crippen molar-refractivity contribution < 1.29 is 9.53 Å². The Hall–Kier alpha value is -1.11. The molecule has 1 fully saturated rings. The van der Waals surface area contributed by atoms with Crippen LogP contribution in [0.25, 0.3) is 0 Å². The number of halogens is 1. The molecule has 22 heavy (non-hydrogen) atoms. The number of hydrogen-bond acceptors (Lipinski definition) is 4. The lowest BCUT2D eigenvalue weighted by Gasteiger charge is -2.27. The van der Waals surface area contributed by atoms with Gasteiger partial charge in [0, 0.05) is 37.2 Å². The minimum atomic E-state index is 0.0512. The first kappa shape index (κ1) is 17.2. The van der Waals surface area contributed by atoms with Gasteiger partial charge in [0.15, 0.2) is 0 Å². The van der Waals surface area contributed by atoms with Gasteiger partial charge >= 0.3 is 0 Å². The average molecular weight is 370 g/mol. The van der Waals surface area contributed by atoms with E-state index in [1.807, 2.05) is 24.3 Å². The van der Waals surface area contributed by atoms with Crippen LogP contribution in [-0.2, 0) is 4.79 Å². The molecule has 2 rings (SSSR count). The number of carbonyl (C=O) groups is 1. The lowest BCUT2D eigenvalue weighted by atomic mass is 10.3. The third kappa shape index (κ3) is 6.77. The molecule has 0 unspecified atom stereocenters. The number of rotatable bonds is 8. The van der Waals surface area contributed by atoms with E-state index < -0.39 is 0 Å². The normalized spacial score (nSPS) is 15.5. The van der Waals surface area contributed by atoms with E-state index in [1.54, 1.807) is 0 Å². The second-order valence-corrected chi connectivity index (χ2v) is 6.27. The Balaban J connectivity index is 1.50. The van der Waals surface area contributed by atoms with Crippen molar-refractivity contribution in [1.82, 2.24) is 15.5 Å². The highest BCUT2D eigenvalue weighted by Crippen LogP contribution is 2.17. The first-order valence-corrected chi connectivity index (χ1v) is 8.61. The van der Waals surface area contributed by atoms with Gasteiger partial charge in [0.25, 0.3) is 0 Å². The molecule has 5 nitrogen and oxygen atoms in total. The Labute approximate surface area is 140 Å². The summed E-state index contributed by atoms with van der Waals surface area (Å²) in [6.45, 7) is 6.54. The number of amides is 1. The smallest absolute Gasteiger partial charge is 0.223 e. The molecule has 1 saturated heterocycles. The monoisotopic (exact) mass is 369 g/mol. The summed E-state index contributed by atoms with van der Waals surface area (Å²) >= 11 is 3.39. The van der Waals surface area contributed by atoms with E-state index in [9.17, 15) is 4.79 Å². The summed E-state index contributed by atoms with van der Waals surface area (Å²) in [6, 6.07) is 7.63. The summed E-state index contributed by atoms with van der Waals surface area (Å²) in [5.41, 5.74) is 0. The molecule has 1 aliphatic heterocycles. The van der Waals surface area contributed by atoms with Crippen molar-refractivity contribution in [3.8, 4) is 5.75 Å². The fraction of sp³-hybridized carbons (Fsp3) is 0.562. The maximum absolute atomic E-state index is 11.7. The first-order valence-electron chi connectivity index (χ1n) is 7.82. The molecule has 0 aromatic heterocycles. The van der Waals surface area contributed by atoms with Crippen molar-refractivity contribution in [3.05, 3.63) is 28.7 Å². The maximum atomic E-state index is 11.7. The third-order valence-electron chi connectivity index (χ3n) is 3.58. The molecule has 0 spiro atoms. The van der Waals surface area contributed by atoms with E-state index in [2.05, 4.69) is 31.5 Å². The molecular formula is C16H24BrN3O2. The van der Waals surface area contributed by atoms with Crippen molar-refractivity contribution in [1.29, 1.82) is 0 Å². The van der Waals surface area contributed by atoms with Crippen LogP contribution in [0.1, 0.15) is 12.8 Å². The van der Waals surface area contributed by atoms with Gasteiger partial charge in [-0.25, -0.2) is 0 Å². The zero-order valence-corrected chi connectivity index (χ0v) is 14.4. The van der Waals surface area contributed by atoms with Gasteiger partial charge in [-0.15, -0.1) is 0 Å². The van der Waals surface area contributed by atoms with E-state index in [4.69, 9.17) is 4.74 Å². The molecule has 6 heteroatoms. The van der Waals surface area contributed by atoms with Crippen molar-refractivity contribution in [2.45, 2.75) is 12.8 Å². The van der Waals surface area contributed by atoms with Crippen molar-refractivity contribution in [2.75, 3.05) is 45.9 Å². The molecular weight excluding hydrogens is 346 g/mol. The average Bonchev–Trinajstić information content (AvgIpc) is 2.53. The molecule has 122 valence electrons. The van der Waals surface area contributed by atoms with Crippen LogP contribution in [0, 0.1) is 0 Å². The minimum absolute atomic E-state index is 0.0512. The number of hydrogen-bond donors (Lipinski definition) is 2. The Bertz CT molecular complexity index is 464. The fourth-order valence-electron chi connectivity index (χ4n) is 2.37. The lowest BCUT2D eigenvalue weighted by molar-refractivity contribution is -0.121. The highest BCUT2D eigenvalue weighted by Gasteiger charge is 2.08. The largest absolute Gasteiger partial charge is 0.493 e. The number of piperazine rings is 1. The van der Waals surface area contributed by atoms with Gasteiger partial charge in [-0.3, -0.25) is 4.79 Å². The quantitative estimate of drug-likeness (QED) is 0.683. The van der Waals surface area contributed by atoms with Gasteiger partial charge in [-0.05, 0) is 31.2 Å². The molecule has 2 N–H and O–H groups in total. The minimum Gasteiger partial charge on any atom is -0.493 e. The first-order chi connectivity index (χ1) is 10.7. The van der Waals surface area contributed by atoms with Gasteiger partial charge in [0.1, 0.15) is 5.75 Å². The van der Waals surface area contributed by atoms with Crippen LogP contribution in [0.4, 0.5) is 0 Å². The SMILES string of the molecule is O=C(CCOc1cccc(Br)c1)NCCCN1CCNCC1. The van der Waals surface area contributed by atoms with E-state index in [1.165, 1.54) is 0 Å². The summed E-state index contributed by atoms with van der Waals surface area (Å²) in [7, 11) is 0. The molecule has 1 heterocycles. The van der Waals surface area contributed by atoms with E-state index in [0.717, 1.165) is 55.9 Å². The number of ether oxygens (including phenoxy) is 1. The molecule has 1 aromatic carbocycles. The van der Waals surface area contributed by atoms with Gasteiger partial charge < -0.3 is 20.3 Å². The van der Waals surface area contributed by atoms with Gasteiger partial charge in [-0.1, -0.05) is 22.0 Å². The second-order valence-electron chi connectivity index (χ2n) is 5.35. The summed E-state index contributed by atoms with van der Waals surface area (Å²) in [5, 5.41) is 6.28. The number of benzene rings is 1. The van der Waals surface area contributed by atoms with Crippen LogP contribution in [0.15, 0.2) is 28.7 Å². The van der Waals surface area contributed by atoms with Crippen molar-refractivity contribution in [2.24, 2.45) is 0 Å². The molecule has 0 bridgehead atoms. The van der Waals surface area contributed by atoms with Crippen LogP contribution in [0.5, 0.6) is 5.75 Å². The molecule has 1 amide bonds. The van der Waals surface area contributed by atoms with Crippen LogP contribution < -0.4 is 15.4 Å². The molecule has 1 aliphatic rings.